The van der Waals surface area contributed by atoms with Gasteiger partial charge in [0.25, 0.3) is 0 Å². The lowest BCUT2D eigenvalue weighted by molar-refractivity contribution is -0.137. The lowest BCUT2D eigenvalue weighted by Gasteiger charge is -2.31. The maximum atomic E-state index is 13.0. The van der Waals surface area contributed by atoms with Crippen molar-refractivity contribution in [3.05, 3.63) is 42.5 Å². The van der Waals surface area contributed by atoms with Crippen LogP contribution in [0.15, 0.2) is 36.9 Å². The van der Waals surface area contributed by atoms with Crippen LogP contribution < -0.4 is 10.2 Å². The van der Waals surface area contributed by atoms with E-state index in [1.165, 1.54) is 18.6 Å². The van der Waals surface area contributed by atoms with Crippen LogP contribution >= 0.6 is 0 Å². The van der Waals surface area contributed by atoms with Crippen LogP contribution in [0.4, 0.5) is 24.5 Å². The number of carbonyl (C=O) groups is 1. The summed E-state index contributed by atoms with van der Waals surface area (Å²) in [5.41, 5.74) is 0.0553. The number of rotatable bonds is 4. The molecule has 0 atom stereocenters. The second kappa shape index (κ2) is 7.16. The number of benzene rings is 1. The fraction of sp³-hybridized carbons (Fsp3) is 0.412. The van der Waals surface area contributed by atoms with E-state index < -0.39 is 17.6 Å². The van der Waals surface area contributed by atoms with Crippen LogP contribution in [-0.4, -0.2) is 28.5 Å². The zero-order chi connectivity index (χ0) is 17.9. The van der Waals surface area contributed by atoms with Crippen LogP contribution in [0.1, 0.15) is 24.8 Å². The van der Waals surface area contributed by atoms with Crippen LogP contribution in [-0.2, 0) is 17.5 Å². The third-order valence-corrected chi connectivity index (χ3v) is 4.18. The minimum absolute atomic E-state index is 0.00428. The first-order chi connectivity index (χ1) is 11.9. The molecule has 0 aliphatic carbocycles. The number of piperidine rings is 1. The number of hydrogen-bond donors (Lipinski definition) is 1. The number of alkyl halides is 3. The molecule has 3 rings (SSSR count). The Labute approximate surface area is 143 Å². The zero-order valence-corrected chi connectivity index (χ0v) is 13.6. The molecule has 1 amide bonds. The van der Waals surface area contributed by atoms with Crippen molar-refractivity contribution in [3.8, 4) is 0 Å². The van der Waals surface area contributed by atoms with Crippen molar-refractivity contribution in [2.24, 2.45) is 0 Å². The summed E-state index contributed by atoms with van der Waals surface area (Å²) >= 11 is 0. The summed E-state index contributed by atoms with van der Waals surface area (Å²) < 4.78 is 40.7. The number of anilines is 2. The second-order valence-corrected chi connectivity index (χ2v) is 6.06. The normalized spacial score (nSPS) is 15.2. The Morgan fingerprint density at radius 3 is 2.60 bits per heavy atom. The molecule has 1 aliphatic heterocycles. The summed E-state index contributed by atoms with van der Waals surface area (Å²) in [5, 5.41) is 2.63. The van der Waals surface area contributed by atoms with E-state index in [-0.39, 0.29) is 12.2 Å². The van der Waals surface area contributed by atoms with Gasteiger partial charge in [0.05, 0.1) is 23.3 Å². The first-order valence-corrected chi connectivity index (χ1v) is 8.15. The standard InChI is InChI=1S/C17H19F3N4O/c18-17(19,20)13-4-5-15(24-7-2-1-3-8-24)14(10-13)22-16(25)11-23-9-6-21-12-23/h4-6,9-10,12H,1-3,7-8,11H2,(H,22,25). The van der Waals surface area contributed by atoms with E-state index in [1.54, 1.807) is 10.8 Å². The van der Waals surface area contributed by atoms with Gasteiger partial charge in [-0.25, -0.2) is 4.98 Å². The minimum atomic E-state index is -4.45. The van der Waals surface area contributed by atoms with Crippen LogP contribution in [0.2, 0.25) is 0 Å². The lowest BCUT2D eigenvalue weighted by atomic mass is 10.1. The third-order valence-electron chi connectivity index (χ3n) is 4.18. The molecule has 1 saturated heterocycles. The highest BCUT2D eigenvalue weighted by Crippen LogP contribution is 2.36. The zero-order valence-electron chi connectivity index (χ0n) is 13.6. The van der Waals surface area contributed by atoms with Gasteiger partial charge in [0.15, 0.2) is 0 Å². The van der Waals surface area contributed by atoms with E-state index in [0.717, 1.165) is 44.5 Å². The van der Waals surface area contributed by atoms with Crippen molar-refractivity contribution < 1.29 is 18.0 Å². The Balaban J connectivity index is 1.85. The maximum absolute atomic E-state index is 13.0. The molecule has 0 spiro atoms. The van der Waals surface area contributed by atoms with Crippen molar-refractivity contribution in [2.45, 2.75) is 32.0 Å². The highest BCUT2D eigenvalue weighted by atomic mass is 19.4. The van der Waals surface area contributed by atoms with Gasteiger partial charge in [-0.3, -0.25) is 4.79 Å². The van der Waals surface area contributed by atoms with E-state index in [4.69, 9.17) is 0 Å². The summed E-state index contributed by atoms with van der Waals surface area (Å²) in [4.78, 5) is 18.1. The lowest BCUT2D eigenvalue weighted by Crippen LogP contribution is -2.31. The Morgan fingerprint density at radius 2 is 1.96 bits per heavy atom. The molecule has 0 saturated carbocycles. The fourth-order valence-corrected chi connectivity index (χ4v) is 2.96. The van der Waals surface area contributed by atoms with Gasteiger partial charge in [-0.15, -0.1) is 0 Å². The number of hydrogen-bond acceptors (Lipinski definition) is 3. The summed E-state index contributed by atoms with van der Waals surface area (Å²) in [6.45, 7) is 1.54. The summed E-state index contributed by atoms with van der Waals surface area (Å²) in [5.74, 6) is -0.393. The van der Waals surface area contributed by atoms with Crippen LogP contribution in [0, 0.1) is 0 Å². The molecule has 2 heterocycles. The molecule has 134 valence electrons. The topological polar surface area (TPSA) is 50.2 Å². The molecule has 8 heteroatoms. The maximum Gasteiger partial charge on any atom is 0.416 e. The van der Waals surface area contributed by atoms with Gasteiger partial charge in [-0.1, -0.05) is 0 Å². The summed E-state index contributed by atoms with van der Waals surface area (Å²) in [7, 11) is 0. The summed E-state index contributed by atoms with van der Waals surface area (Å²) in [6, 6.07) is 3.52. The van der Waals surface area contributed by atoms with Gasteiger partial charge in [0, 0.05) is 25.5 Å². The molecule has 25 heavy (non-hydrogen) atoms. The largest absolute Gasteiger partial charge is 0.416 e. The highest BCUT2D eigenvalue weighted by Gasteiger charge is 2.31. The van der Waals surface area contributed by atoms with E-state index in [9.17, 15) is 18.0 Å². The number of amides is 1. The average molecular weight is 352 g/mol. The molecule has 1 fully saturated rings. The number of nitrogens with one attached hydrogen (secondary N) is 1. The number of carbonyl (C=O) groups excluding carboxylic acids is 1. The molecule has 1 aliphatic rings. The molecule has 0 unspecified atom stereocenters. The van der Waals surface area contributed by atoms with Crippen LogP contribution in [0.5, 0.6) is 0 Å². The molecule has 1 N–H and O–H groups in total. The monoisotopic (exact) mass is 352 g/mol. The molecule has 2 aromatic rings. The van der Waals surface area contributed by atoms with E-state index in [2.05, 4.69) is 10.3 Å². The molecule has 5 nitrogen and oxygen atoms in total. The molecule has 1 aromatic carbocycles. The Hall–Kier alpha value is -2.51. The summed E-state index contributed by atoms with van der Waals surface area (Å²) in [6.07, 6.45) is 3.28. The Kier molecular flexibility index (Phi) is 4.96. The first-order valence-electron chi connectivity index (χ1n) is 8.15. The number of nitrogens with zero attached hydrogens (tertiary/aromatic N) is 3. The van der Waals surface area contributed by atoms with E-state index in [0.29, 0.717) is 5.69 Å². The quantitative estimate of drug-likeness (QED) is 0.916. The number of imidazole rings is 1. The van der Waals surface area contributed by atoms with E-state index in [1.807, 2.05) is 4.90 Å². The van der Waals surface area contributed by atoms with Crippen molar-refractivity contribution >= 4 is 17.3 Å². The predicted molar refractivity (Wildman–Crippen MR) is 88.4 cm³/mol. The van der Waals surface area contributed by atoms with Gasteiger partial charge >= 0.3 is 6.18 Å². The minimum Gasteiger partial charge on any atom is -0.370 e. The smallest absolute Gasteiger partial charge is 0.370 e. The van der Waals surface area contributed by atoms with Crippen molar-refractivity contribution in [3.63, 3.8) is 0 Å². The Morgan fingerprint density at radius 1 is 1.20 bits per heavy atom. The Bertz CT molecular complexity index is 722. The van der Waals surface area contributed by atoms with Gasteiger partial charge in [0.1, 0.15) is 6.54 Å². The SMILES string of the molecule is O=C(Cn1ccnc1)Nc1cc(C(F)(F)F)ccc1N1CCCCC1. The third kappa shape index (κ3) is 4.32. The molecular weight excluding hydrogens is 333 g/mol. The van der Waals surface area contributed by atoms with Gasteiger partial charge in [0.2, 0.25) is 5.91 Å². The highest BCUT2D eigenvalue weighted by molar-refractivity contribution is 5.94. The second-order valence-electron chi connectivity index (χ2n) is 6.06. The molecular formula is C17H19F3N4O. The molecule has 1 aromatic heterocycles. The first kappa shape index (κ1) is 17.3. The van der Waals surface area contributed by atoms with Crippen LogP contribution in [0.25, 0.3) is 0 Å². The number of halogens is 3. The van der Waals surface area contributed by atoms with Gasteiger partial charge < -0.3 is 14.8 Å². The van der Waals surface area contributed by atoms with Gasteiger partial charge in [-0.2, -0.15) is 13.2 Å². The fourth-order valence-electron chi connectivity index (χ4n) is 2.96. The van der Waals surface area contributed by atoms with Crippen molar-refractivity contribution in [1.82, 2.24) is 9.55 Å². The van der Waals surface area contributed by atoms with E-state index >= 15 is 0 Å². The van der Waals surface area contributed by atoms with Gasteiger partial charge in [-0.05, 0) is 37.5 Å². The molecule has 0 radical (unpaired) electrons. The average Bonchev–Trinajstić information content (AvgIpc) is 3.07. The number of aromatic nitrogens is 2. The predicted octanol–water partition coefficient (Wildman–Crippen LogP) is 3.53. The van der Waals surface area contributed by atoms with Crippen molar-refractivity contribution in [1.29, 1.82) is 0 Å². The molecule has 0 bridgehead atoms. The van der Waals surface area contributed by atoms with Crippen LogP contribution in [0.3, 0.4) is 0 Å². The van der Waals surface area contributed by atoms with Crippen molar-refractivity contribution in [2.75, 3.05) is 23.3 Å².